The number of methoxy groups -OCH3 is 1. The molecule has 21 heavy (non-hydrogen) atoms. The van der Waals surface area contributed by atoms with E-state index < -0.39 is 17.9 Å². The topological polar surface area (TPSA) is 44.5 Å². The Morgan fingerprint density at radius 1 is 0.952 bits per heavy atom. The maximum Gasteiger partial charge on any atom is 0.573 e. The van der Waals surface area contributed by atoms with E-state index in [4.69, 9.17) is 10.5 Å². The van der Waals surface area contributed by atoms with Crippen molar-refractivity contribution >= 4 is 5.69 Å². The average Bonchev–Trinajstić information content (AvgIpc) is 2.40. The van der Waals surface area contributed by atoms with Gasteiger partial charge in [-0.15, -0.1) is 13.2 Å². The van der Waals surface area contributed by atoms with Gasteiger partial charge in [0.05, 0.1) is 7.11 Å². The predicted molar refractivity (Wildman–Crippen MR) is 69.5 cm³/mol. The van der Waals surface area contributed by atoms with Gasteiger partial charge in [-0.3, -0.25) is 0 Å². The minimum Gasteiger partial charge on any atom is -0.497 e. The monoisotopic (exact) mass is 301 g/mol. The molecule has 0 fully saturated rings. The van der Waals surface area contributed by atoms with Crippen LogP contribution in [0, 0.1) is 5.82 Å². The number of nitrogen functional groups attached to an aromatic ring is 1. The molecule has 0 saturated heterocycles. The van der Waals surface area contributed by atoms with E-state index in [2.05, 4.69) is 4.74 Å². The molecule has 0 unspecified atom stereocenters. The molecule has 3 nitrogen and oxygen atoms in total. The van der Waals surface area contributed by atoms with Crippen molar-refractivity contribution in [2.45, 2.75) is 6.36 Å². The zero-order valence-electron chi connectivity index (χ0n) is 10.9. The Morgan fingerprint density at radius 3 is 2.19 bits per heavy atom. The molecule has 0 saturated carbocycles. The van der Waals surface area contributed by atoms with E-state index in [1.54, 1.807) is 0 Å². The van der Waals surface area contributed by atoms with Gasteiger partial charge in [-0.1, -0.05) is 0 Å². The summed E-state index contributed by atoms with van der Waals surface area (Å²) in [6.45, 7) is 0. The Morgan fingerprint density at radius 2 is 1.57 bits per heavy atom. The number of hydrogen-bond donors (Lipinski definition) is 1. The average molecular weight is 301 g/mol. The smallest absolute Gasteiger partial charge is 0.497 e. The molecule has 112 valence electrons. The Kier molecular flexibility index (Phi) is 3.93. The standard InChI is InChI=1S/C14H11F4NO2/c1-20-8-2-4-12(15)10(6-8)11-7-9(3-5-13(11)19)21-14(16,17)18/h2-7H,19H2,1H3. The summed E-state index contributed by atoms with van der Waals surface area (Å²) in [5.74, 6) is -0.756. The van der Waals surface area contributed by atoms with Crippen LogP contribution in [0.25, 0.3) is 11.1 Å². The molecule has 0 amide bonds. The van der Waals surface area contributed by atoms with Crippen LogP contribution in [0.15, 0.2) is 36.4 Å². The molecule has 0 aliphatic carbocycles. The van der Waals surface area contributed by atoms with E-state index >= 15 is 0 Å². The molecule has 0 heterocycles. The van der Waals surface area contributed by atoms with Crippen LogP contribution in [0.5, 0.6) is 11.5 Å². The number of benzene rings is 2. The van der Waals surface area contributed by atoms with Crippen molar-refractivity contribution in [2.75, 3.05) is 12.8 Å². The largest absolute Gasteiger partial charge is 0.573 e. The molecule has 2 N–H and O–H groups in total. The van der Waals surface area contributed by atoms with E-state index in [-0.39, 0.29) is 16.8 Å². The van der Waals surface area contributed by atoms with Crippen molar-refractivity contribution in [2.24, 2.45) is 0 Å². The van der Waals surface area contributed by atoms with Crippen molar-refractivity contribution in [3.63, 3.8) is 0 Å². The maximum atomic E-state index is 13.9. The van der Waals surface area contributed by atoms with Gasteiger partial charge < -0.3 is 15.2 Å². The number of halogens is 4. The van der Waals surface area contributed by atoms with Crippen LogP contribution in [0.3, 0.4) is 0 Å². The van der Waals surface area contributed by atoms with Crippen LogP contribution in [0.1, 0.15) is 0 Å². The van der Waals surface area contributed by atoms with Crippen LogP contribution in [0.2, 0.25) is 0 Å². The molecule has 0 radical (unpaired) electrons. The highest BCUT2D eigenvalue weighted by Crippen LogP contribution is 2.35. The highest BCUT2D eigenvalue weighted by Gasteiger charge is 2.31. The third-order valence-electron chi connectivity index (χ3n) is 2.72. The van der Waals surface area contributed by atoms with Gasteiger partial charge in [0.2, 0.25) is 0 Å². The second-order valence-corrected chi connectivity index (χ2v) is 4.14. The van der Waals surface area contributed by atoms with Crippen molar-refractivity contribution in [1.82, 2.24) is 0 Å². The molecule has 0 aromatic heterocycles. The highest BCUT2D eigenvalue weighted by molar-refractivity contribution is 5.78. The van der Waals surface area contributed by atoms with E-state index in [1.165, 1.54) is 25.3 Å². The van der Waals surface area contributed by atoms with Gasteiger partial charge in [0.15, 0.2) is 0 Å². The van der Waals surface area contributed by atoms with Crippen LogP contribution in [0.4, 0.5) is 23.2 Å². The fourth-order valence-electron chi connectivity index (χ4n) is 1.80. The molecule has 0 spiro atoms. The Labute approximate surface area is 117 Å². The Balaban J connectivity index is 2.50. The van der Waals surface area contributed by atoms with Crippen LogP contribution in [-0.4, -0.2) is 13.5 Å². The van der Waals surface area contributed by atoms with Gasteiger partial charge in [-0.2, -0.15) is 0 Å². The van der Waals surface area contributed by atoms with Gasteiger partial charge >= 0.3 is 6.36 Å². The lowest BCUT2D eigenvalue weighted by atomic mass is 10.0. The number of anilines is 1. The fourth-order valence-corrected chi connectivity index (χ4v) is 1.80. The van der Waals surface area contributed by atoms with Crippen LogP contribution >= 0.6 is 0 Å². The SMILES string of the molecule is COc1ccc(F)c(-c2cc(OC(F)(F)F)ccc2N)c1. The zero-order chi connectivity index (χ0) is 15.6. The summed E-state index contributed by atoms with van der Waals surface area (Å²) >= 11 is 0. The van der Waals surface area contributed by atoms with Crippen LogP contribution in [-0.2, 0) is 0 Å². The van der Waals surface area contributed by atoms with Crippen LogP contribution < -0.4 is 15.2 Å². The first-order chi connectivity index (χ1) is 9.80. The van der Waals surface area contributed by atoms with Gasteiger partial charge in [0, 0.05) is 16.8 Å². The quantitative estimate of drug-likeness (QED) is 0.689. The van der Waals surface area contributed by atoms with E-state index in [9.17, 15) is 17.6 Å². The van der Waals surface area contributed by atoms with Gasteiger partial charge in [-0.25, -0.2) is 4.39 Å². The van der Waals surface area contributed by atoms with Crippen molar-refractivity contribution in [3.8, 4) is 22.6 Å². The minimum atomic E-state index is -4.83. The second kappa shape index (κ2) is 5.51. The summed E-state index contributed by atoms with van der Waals surface area (Å²) in [5.41, 5.74) is 5.94. The summed E-state index contributed by atoms with van der Waals surface area (Å²) in [5, 5.41) is 0. The Hall–Kier alpha value is -2.44. The molecule has 2 aromatic carbocycles. The zero-order valence-corrected chi connectivity index (χ0v) is 10.9. The molecule has 0 atom stereocenters. The number of nitrogens with two attached hydrogens (primary N) is 1. The first-order valence-corrected chi connectivity index (χ1v) is 5.79. The van der Waals surface area contributed by atoms with E-state index in [0.29, 0.717) is 5.75 Å². The summed E-state index contributed by atoms with van der Waals surface area (Å²) in [4.78, 5) is 0. The minimum absolute atomic E-state index is 0.0273. The highest BCUT2D eigenvalue weighted by atomic mass is 19.4. The molecule has 2 aromatic rings. The van der Waals surface area contributed by atoms with Gasteiger partial charge in [0.1, 0.15) is 17.3 Å². The molecule has 0 bridgehead atoms. The third-order valence-corrected chi connectivity index (χ3v) is 2.72. The molecule has 0 aliphatic rings. The third kappa shape index (κ3) is 3.56. The van der Waals surface area contributed by atoms with Crippen molar-refractivity contribution < 1.29 is 27.0 Å². The molecular formula is C14H11F4NO2. The predicted octanol–water partition coefficient (Wildman–Crippen LogP) is 3.98. The van der Waals surface area contributed by atoms with Gasteiger partial charge in [-0.05, 0) is 36.4 Å². The normalized spacial score (nSPS) is 11.3. The van der Waals surface area contributed by atoms with E-state index in [0.717, 1.165) is 18.2 Å². The Bertz CT molecular complexity index is 656. The summed E-state index contributed by atoms with van der Waals surface area (Å²) < 4.78 is 59.3. The number of alkyl halides is 3. The lowest BCUT2D eigenvalue weighted by Crippen LogP contribution is -2.17. The van der Waals surface area contributed by atoms with Gasteiger partial charge in [0.25, 0.3) is 0 Å². The second-order valence-electron chi connectivity index (χ2n) is 4.14. The van der Waals surface area contributed by atoms with Crippen molar-refractivity contribution in [1.29, 1.82) is 0 Å². The van der Waals surface area contributed by atoms with E-state index in [1.807, 2.05) is 0 Å². The summed E-state index contributed by atoms with van der Waals surface area (Å²) in [6, 6.07) is 7.19. The number of rotatable bonds is 3. The first-order valence-electron chi connectivity index (χ1n) is 5.79. The number of ether oxygens (including phenoxy) is 2. The fraction of sp³-hybridized carbons (Fsp3) is 0.143. The summed E-state index contributed by atoms with van der Waals surface area (Å²) in [7, 11) is 1.39. The molecule has 2 rings (SSSR count). The first kappa shape index (κ1) is 15.0. The molecular weight excluding hydrogens is 290 g/mol. The van der Waals surface area contributed by atoms with Crippen molar-refractivity contribution in [3.05, 3.63) is 42.2 Å². The lowest BCUT2D eigenvalue weighted by Gasteiger charge is -2.13. The molecule has 7 heteroatoms. The summed E-state index contributed by atoms with van der Waals surface area (Å²) in [6.07, 6.45) is -4.83. The lowest BCUT2D eigenvalue weighted by molar-refractivity contribution is -0.274. The maximum absolute atomic E-state index is 13.9. The molecule has 0 aliphatic heterocycles. The number of hydrogen-bond acceptors (Lipinski definition) is 3.